The summed E-state index contributed by atoms with van der Waals surface area (Å²) in [6, 6.07) is 3.88. The fourth-order valence-electron chi connectivity index (χ4n) is 4.79. The molecule has 0 unspecified atom stereocenters. The van der Waals surface area contributed by atoms with E-state index in [1.807, 2.05) is 17.0 Å². The lowest BCUT2D eigenvalue weighted by Gasteiger charge is -2.31. The van der Waals surface area contributed by atoms with Gasteiger partial charge in [0.2, 0.25) is 0 Å². The van der Waals surface area contributed by atoms with Crippen molar-refractivity contribution >= 4 is 11.5 Å². The first-order chi connectivity index (χ1) is 17.8. The van der Waals surface area contributed by atoms with Crippen molar-refractivity contribution in [3.63, 3.8) is 0 Å². The standard InChI is InChI=1S/C29H42F2N6/c1-4-27(24-9-10-24)28(33-16-6-15-32-21(2)23-7-5-8-23)36-22(3)35-25-11-12-26(34-19-25)20-37-17-13-29(30,31)14-18-37/h4,11-12,19,23-24,32,35H,2-3,5-10,13-18,20H2,1H3,(H,33,36)/b27-4-. The Morgan fingerprint density at radius 3 is 2.51 bits per heavy atom. The predicted molar refractivity (Wildman–Crippen MR) is 147 cm³/mol. The van der Waals surface area contributed by atoms with Crippen LogP contribution in [0.4, 0.5) is 14.5 Å². The molecule has 3 fully saturated rings. The minimum absolute atomic E-state index is 0.0800. The molecule has 3 N–H and O–H groups in total. The molecule has 0 radical (unpaired) electrons. The molecule has 1 aromatic heterocycles. The lowest BCUT2D eigenvalue weighted by atomic mass is 9.83. The van der Waals surface area contributed by atoms with Gasteiger partial charge in [0, 0.05) is 51.3 Å². The first-order valence-electron chi connectivity index (χ1n) is 13.7. The number of nitrogens with one attached hydrogen (secondary N) is 3. The SMILES string of the molecule is C=C(NC(=NCCCNC(=C)C1CCC1)/C(=C\C)C1CC1)Nc1ccc(CN2CCC(F)(F)CC2)nc1. The van der Waals surface area contributed by atoms with Gasteiger partial charge in [0.05, 0.1) is 17.6 Å². The number of amidine groups is 1. The highest BCUT2D eigenvalue weighted by Gasteiger charge is 2.34. The summed E-state index contributed by atoms with van der Waals surface area (Å²) in [5.41, 5.74) is 4.11. The summed E-state index contributed by atoms with van der Waals surface area (Å²) in [5, 5.41) is 10.1. The maximum atomic E-state index is 13.4. The van der Waals surface area contributed by atoms with Crippen molar-refractivity contribution in [2.75, 3.05) is 31.5 Å². The molecule has 37 heavy (non-hydrogen) atoms. The molecule has 0 aromatic carbocycles. The van der Waals surface area contributed by atoms with E-state index in [1.54, 1.807) is 6.20 Å². The molecule has 0 spiro atoms. The minimum Gasteiger partial charge on any atom is -0.389 e. The van der Waals surface area contributed by atoms with Crippen molar-refractivity contribution in [3.05, 3.63) is 60.3 Å². The summed E-state index contributed by atoms with van der Waals surface area (Å²) in [6.07, 6.45) is 10.9. The monoisotopic (exact) mass is 512 g/mol. The van der Waals surface area contributed by atoms with E-state index in [4.69, 9.17) is 4.99 Å². The van der Waals surface area contributed by atoms with Crippen molar-refractivity contribution in [1.29, 1.82) is 0 Å². The van der Waals surface area contributed by atoms with Gasteiger partial charge in [-0.1, -0.05) is 25.7 Å². The Kier molecular flexibility index (Phi) is 9.35. The van der Waals surface area contributed by atoms with Gasteiger partial charge in [-0.25, -0.2) is 8.78 Å². The number of piperidine rings is 1. The van der Waals surface area contributed by atoms with Crippen molar-refractivity contribution in [1.82, 2.24) is 20.5 Å². The number of rotatable bonds is 13. The quantitative estimate of drug-likeness (QED) is 0.176. The van der Waals surface area contributed by atoms with E-state index in [9.17, 15) is 8.78 Å². The average molecular weight is 513 g/mol. The molecule has 1 aliphatic heterocycles. The van der Waals surface area contributed by atoms with Crippen LogP contribution in [-0.2, 0) is 6.54 Å². The second kappa shape index (κ2) is 12.7. The highest BCUT2D eigenvalue weighted by molar-refractivity contribution is 6.00. The molecule has 6 nitrogen and oxygen atoms in total. The van der Waals surface area contributed by atoms with Gasteiger partial charge in [-0.15, -0.1) is 0 Å². The number of halogens is 2. The Morgan fingerprint density at radius 2 is 1.92 bits per heavy atom. The summed E-state index contributed by atoms with van der Waals surface area (Å²) in [7, 11) is 0. The molecule has 8 heteroatoms. The summed E-state index contributed by atoms with van der Waals surface area (Å²) in [4.78, 5) is 11.4. The van der Waals surface area contributed by atoms with E-state index < -0.39 is 5.92 Å². The van der Waals surface area contributed by atoms with Crippen LogP contribution in [0.5, 0.6) is 0 Å². The normalized spacial score (nSPS) is 20.7. The molecule has 3 aliphatic rings. The number of anilines is 1. The van der Waals surface area contributed by atoms with Crippen LogP contribution >= 0.6 is 0 Å². The van der Waals surface area contributed by atoms with Crippen molar-refractivity contribution in [3.8, 4) is 0 Å². The van der Waals surface area contributed by atoms with Gasteiger partial charge in [0.25, 0.3) is 5.92 Å². The second-order valence-electron chi connectivity index (χ2n) is 10.6. The van der Waals surface area contributed by atoms with E-state index >= 15 is 0 Å². The summed E-state index contributed by atoms with van der Waals surface area (Å²) < 4.78 is 26.8. The molecule has 0 atom stereocenters. The Bertz CT molecular complexity index is 982. The third-order valence-corrected chi connectivity index (χ3v) is 7.52. The summed E-state index contributed by atoms with van der Waals surface area (Å²) in [6.45, 7) is 13.4. The van der Waals surface area contributed by atoms with Crippen molar-refractivity contribution in [2.24, 2.45) is 16.8 Å². The Hall–Kier alpha value is -2.74. The number of nitrogens with zero attached hydrogens (tertiary/aromatic N) is 3. The highest BCUT2D eigenvalue weighted by atomic mass is 19.3. The number of allylic oxidation sites excluding steroid dienone is 2. The van der Waals surface area contributed by atoms with E-state index in [2.05, 4.69) is 47.1 Å². The fraction of sp³-hybridized carbons (Fsp3) is 0.586. The largest absolute Gasteiger partial charge is 0.389 e. The number of aromatic nitrogens is 1. The maximum absolute atomic E-state index is 13.4. The van der Waals surface area contributed by atoms with Gasteiger partial charge >= 0.3 is 0 Å². The van der Waals surface area contributed by atoms with Gasteiger partial charge in [-0.2, -0.15) is 0 Å². The van der Waals surface area contributed by atoms with Gasteiger partial charge < -0.3 is 16.0 Å². The molecule has 1 aromatic rings. The number of hydrogen-bond acceptors (Lipinski definition) is 5. The second-order valence-corrected chi connectivity index (χ2v) is 10.6. The van der Waals surface area contributed by atoms with Crippen LogP contribution in [0.1, 0.15) is 64.0 Å². The molecule has 0 bridgehead atoms. The molecule has 4 rings (SSSR count). The van der Waals surface area contributed by atoms with Crippen LogP contribution in [0, 0.1) is 11.8 Å². The van der Waals surface area contributed by atoms with Crippen LogP contribution in [0.25, 0.3) is 0 Å². The average Bonchev–Trinajstić information content (AvgIpc) is 3.66. The number of hydrogen-bond donors (Lipinski definition) is 3. The van der Waals surface area contributed by atoms with Gasteiger partial charge in [-0.3, -0.25) is 14.9 Å². The first-order valence-corrected chi connectivity index (χ1v) is 13.7. The van der Waals surface area contributed by atoms with E-state index in [0.29, 0.717) is 37.3 Å². The Balaban J connectivity index is 1.25. The van der Waals surface area contributed by atoms with Crippen LogP contribution in [0.3, 0.4) is 0 Å². The van der Waals surface area contributed by atoms with Crippen molar-refractivity contribution in [2.45, 2.75) is 70.8 Å². The molecule has 1 saturated heterocycles. The summed E-state index contributed by atoms with van der Waals surface area (Å²) in [5.74, 6) is 0.216. The van der Waals surface area contributed by atoms with Crippen LogP contribution < -0.4 is 16.0 Å². The topological polar surface area (TPSA) is 64.6 Å². The molecular formula is C29H42F2N6. The molecule has 2 saturated carbocycles. The zero-order valence-corrected chi connectivity index (χ0v) is 22.2. The molecule has 2 aliphatic carbocycles. The van der Waals surface area contributed by atoms with E-state index in [1.165, 1.54) is 43.4 Å². The van der Waals surface area contributed by atoms with Crippen LogP contribution in [-0.4, -0.2) is 47.8 Å². The smallest absolute Gasteiger partial charge is 0.250 e. The number of likely N-dealkylation sites (tertiary alicyclic amines) is 1. The highest BCUT2D eigenvalue weighted by Crippen LogP contribution is 2.37. The fourth-order valence-corrected chi connectivity index (χ4v) is 4.79. The zero-order chi connectivity index (χ0) is 26.3. The molecule has 202 valence electrons. The number of alkyl halides is 2. The van der Waals surface area contributed by atoms with Gasteiger partial charge in [-0.05, 0) is 68.6 Å². The Morgan fingerprint density at radius 1 is 1.16 bits per heavy atom. The molecule has 0 amide bonds. The number of aliphatic imine (C=N–C) groups is 1. The molecular weight excluding hydrogens is 470 g/mol. The number of pyridine rings is 1. The van der Waals surface area contributed by atoms with Gasteiger partial charge in [0.1, 0.15) is 11.7 Å². The van der Waals surface area contributed by atoms with Crippen LogP contribution in [0.2, 0.25) is 0 Å². The summed E-state index contributed by atoms with van der Waals surface area (Å²) >= 11 is 0. The van der Waals surface area contributed by atoms with Crippen molar-refractivity contribution < 1.29 is 8.78 Å². The third kappa shape index (κ3) is 8.38. The van der Waals surface area contributed by atoms with Crippen LogP contribution in [0.15, 0.2) is 59.6 Å². The minimum atomic E-state index is -2.53. The lowest BCUT2D eigenvalue weighted by Crippen LogP contribution is -2.38. The van der Waals surface area contributed by atoms with Gasteiger partial charge in [0.15, 0.2) is 0 Å². The third-order valence-electron chi connectivity index (χ3n) is 7.52. The predicted octanol–water partition coefficient (Wildman–Crippen LogP) is 5.83. The maximum Gasteiger partial charge on any atom is 0.250 e. The zero-order valence-electron chi connectivity index (χ0n) is 22.2. The van der Waals surface area contributed by atoms with E-state index in [0.717, 1.165) is 36.7 Å². The first kappa shape index (κ1) is 27.3. The lowest BCUT2D eigenvalue weighted by molar-refractivity contribution is -0.0568. The Labute approximate surface area is 220 Å². The van der Waals surface area contributed by atoms with E-state index in [-0.39, 0.29) is 12.8 Å². The molecule has 2 heterocycles.